The molecule has 1 atom stereocenters. The van der Waals surface area contributed by atoms with E-state index >= 15 is 0 Å². The highest BCUT2D eigenvalue weighted by Crippen LogP contribution is 2.12. The highest BCUT2D eigenvalue weighted by atomic mass is 32.2. The first kappa shape index (κ1) is 18.0. The summed E-state index contributed by atoms with van der Waals surface area (Å²) in [6.45, 7) is -1.85. The van der Waals surface area contributed by atoms with Crippen molar-refractivity contribution in [2.75, 3.05) is 32.1 Å². The second-order valence-electron chi connectivity index (χ2n) is 3.97. The third-order valence-electron chi connectivity index (χ3n) is 2.19. The maximum atomic E-state index is 11.9. The van der Waals surface area contributed by atoms with Gasteiger partial charge in [0.2, 0.25) is 11.8 Å². The van der Waals surface area contributed by atoms with Gasteiger partial charge in [-0.15, -0.1) is 0 Å². The van der Waals surface area contributed by atoms with Gasteiger partial charge in [-0.25, -0.2) is 0 Å². The molecule has 0 aromatic heterocycles. The Labute approximate surface area is 114 Å². The molecule has 0 aliphatic rings. The molecule has 0 saturated heterocycles. The molecule has 0 aliphatic heterocycles. The van der Waals surface area contributed by atoms with E-state index in [-0.39, 0.29) is 0 Å². The number of thioether (sulfide) groups is 1. The van der Waals surface area contributed by atoms with Crippen LogP contribution < -0.4 is 11.1 Å². The lowest BCUT2D eigenvalue weighted by Gasteiger charge is -2.20. The molecule has 19 heavy (non-hydrogen) atoms. The zero-order valence-corrected chi connectivity index (χ0v) is 11.6. The van der Waals surface area contributed by atoms with Crippen LogP contribution in [0.5, 0.6) is 0 Å². The fraction of sp³-hybridized carbons (Fsp3) is 0.800. The van der Waals surface area contributed by atoms with Gasteiger partial charge < -0.3 is 16.0 Å². The van der Waals surface area contributed by atoms with E-state index in [9.17, 15) is 22.8 Å². The van der Waals surface area contributed by atoms with Gasteiger partial charge in [0.1, 0.15) is 6.54 Å². The molecule has 9 heteroatoms. The van der Waals surface area contributed by atoms with Crippen LogP contribution >= 0.6 is 11.8 Å². The second kappa shape index (κ2) is 8.26. The van der Waals surface area contributed by atoms with Crippen molar-refractivity contribution in [2.45, 2.75) is 18.6 Å². The average molecular weight is 301 g/mol. The molecular formula is C10H18F3N3O2S. The minimum Gasteiger partial charge on any atom is -0.345 e. The number of carbonyl (C=O) groups excluding carboxylic acids is 2. The molecule has 0 aromatic carbocycles. The summed E-state index contributed by atoms with van der Waals surface area (Å²) in [5.41, 5.74) is 5.61. The standard InChI is InChI=1S/C10H18F3N3O2S/c1-16(9(18)7(14)3-4-19-2)5-8(17)15-6-10(11,12)13/h7H,3-6,14H2,1-2H3,(H,15,17)/t7-/m0/s1. The molecule has 0 aliphatic carbocycles. The lowest BCUT2D eigenvalue weighted by Crippen LogP contribution is -2.47. The molecule has 0 rings (SSSR count). The SMILES string of the molecule is CSCC[C@H](N)C(=O)N(C)CC(=O)NCC(F)(F)F. The number of likely N-dealkylation sites (N-methyl/N-ethyl adjacent to an activating group) is 1. The first-order chi connectivity index (χ1) is 8.67. The molecule has 3 N–H and O–H groups in total. The van der Waals surface area contributed by atoms with Crippen LogP contribution in [0.15, 0.2) is 0 Å². The Bertz CT molecular complexity index is 313. The molecular weight excluding hydrogens is 283 g/mol. The van der Waals surface area contributed by atoms with E-state index in [1.807, 2.05) is 6.26 Å². The highest BCUT2D eigenvalue weighted by molar-refractivity contribution is 7.98. The molecule has 0 bridgehead atoms. The van der Waals surface area contributed by atoms with Crippen LogP contribution in [-0.2, 0) is 9.59 Å². The fourth-order valence-corrected chi connectivity index (χ4v) is 1.69. The van der Waals surface area contributed by atoms with Crippen LogP contribution in [0, 0.1) is 0 Å². The van der Waals surface area contributed by atoms with Crippen molar-refractivity contribution >= 4 is 23.6 Å². The largest absolute Gasteiger partial charge is 0.405 e. The van der Waals surface area contributed by atoms with Gasteiger partial charge in [-0.3, -0.25) is 9.59 Å². The van der Waals surface area contributed by atoms with Gasteiger partial charge in [-0.1, -0.05) is 0 Å². The van der Waals surface area contributed by atoms with E-state index in [1.165, 1.54) is 18.8 Å². The third kappa shape index (κ3) is 8.71. The summed E-state index contributed by atoms with van der Waals surface area (Å²) >= 11 is 1.53. The lowest BCUT2D eigenvalue weighted by molar-refractivity contribution is -0.142. The van der Waals surface area contributed by atoms with Gasteiger partial charge in [-0.2, -0.15) is 24.9 Å². The van der Waals surface area contributed by atoms with Gasteiger partial charge in [0, 0.05) is 7.05 Å². The van der Waals surface area contributed by atoms with Gasteiger partial charge >= 0.3 is 6.18 Å². The summed E-state index contributed by atoms with van der Waals surface area (Å²) in [5.74, 6) is -0.637. The summed E-state index contributed by atoms with van der Waals surface area (Å²) in [7, 11) is 1.33. The smallest absolute Gasteiger partial charge is 0.345 e. The van der Waals surface area contributed by atoms with E-state index in [4.69, 9.17) is 5.73 Å². The Morgan fingerprint density at radius 2 is 2.00 bits per heavy atom. The normalized spacial score (nSPS) is 12.9. The monoisotopic (exact) mass is 301 g/mol. The van der Waals surface area contributed by atoms with Crippen LogP contribution in [0.4, 0.5) is 13.2 Å². The Morgan fingerprint density at radius 1 is 1.42 bits per heavy atom. The number of halogens is 3. The molecule has 5 nitrogen and oxygen atoms in total. The summed E-state index contributed by atoms with van der Waals surface area (Å²) < 4.78 is 35.6. The van der Waals surface area contributed by atoms with Crippen molar-refractivity contribution < 1.29 is 22.8 Å². The second-order valence-corrected chi connectivity index (χ2v) is 4.96. The maximum absolute atomic E-state index is 11.9. The zero-order chi connectivity index (χ0) is 15.1. The zero-order valence-electron chi connectivity index (χ0n) is 10.8. The molecule has 0 unspecified atom stereocenters. The Balaban J connectivity index is 4.10. The summed E-state index contributed by atoms with van der Waals surface area (Å²) in [6.07, 6.45) is -2.15. The van der Waals surface area contributed by atoms with E-state index in [2.05, 4.69) is 0 Å². The number of nitrogens with two attached hydrogens (primary N) is 1. The third-order valence-corrected chi connectivity index (χ3v) is 2.84. The van der Waals surface area contributed by atoms with Crippen molar-refractivity contribution in [2.24, 2.45) is 5.73 Å². The summed E-state index contributed by atoms with van der Waals surface area (Å²) in [5, 5.41) is 1.69. The van der Waals surface area contributed by atoms with Gasteiger partial charge in [0.15, 0.2) is 0 Å². The van der Waals surface area contributed by atoms with Crippen molar-refractivity contribution in [3.05, 3.63) is 0 Å². The number of nitrogens with one attached hydrogen (secondary N) is 1. The van der Waals surface area contributed by atoms with Crippen LogP contribution in [0.1, 0.15) is 6.42 Å². The Hall–Kier alpha value is -0.960. The minimum absolute atomic E-state index is 0.443. The predicted octanol–water partition coefficient (Wildman–Crippen LogP) is 0.204. The van der Waals surface area contributed by atoms with E-state index in [0.29, 0.717) is 12.2 Å². The highest BCUT2D eigenvalue weighted by Gasteiger charge is 2.28. The maximum Gasteiger partial charge on any atom is 0.405 e. The number of nitrogens with zero attached hydrogens (tertiary/aromatic N) is 1. The number of amides is 2. The first-order valence-corrected chi connectivity index (χ1v) is 6.89. The molecule has 0 aromatic rings. The van der Waals surface area contributed by atoms with Gasteiger partial charge in [0.05, 0.1) is 12.6 Å². The molecule has 112 valence electrons. The lowest BCUT2D eigenvalue weighted by atomic mass is 10.2. The van der Waals surface area contributed by atoms with Crippen LogP contribution in [0.2, 0.25) is 0 Å². The molecule has 0 heterocycles. The van der Waals surface area contributed by atoms with E-state index in [1.54, 1.807) is 5.32 Å². The topological polar surface area (TPSA) is 75.4 Å². The number of hydrogen-bond donors (Lipinski definition) is 2. The van der Waals surface area contributed by atoms with E-state index in [0.717, 1.165) is 4.90 Å². The Kier molecular flexibility index (Phi) is 7.84. The first-order valence-electron chi connectivity index (χ1n) is 5.50. The van der Waals surface area contributed by atoms with Gasteiger partial charge in [0.25, 0.3) is 0 Å². The minimum atomic E-state index is -4.47. The molecule has 0 radical (unpaired) electrons. The van der Waals surface area contributed by atoms with Crippen molar-refractivity contribution in [3.63, 3.8) is 0 Å². The summed E-state index contributed by atoms with van der Waals surface area (Å²) in [4.78, 5) is 23.9. The average Bonchev–Trinajstić information content (AvgIpc) is 2.31. The molecule has 2 amide bonds. The molecule has 0 spiro atoms. The fourth-order valence-electron chi connectivity index (χ4n) is 1.20. The van der Waals surface area contributed by atoms with Crippen molar-refractivity contribution in [3.8, 4) is 0 Å². The number of rotatable bonds is 7. The quantitative estimate of drug-likeness (QED) is 0.704. The summed E-state index contributed by atoms with van der Waals surface area (Å²) in [6, 6.07) is -0.743. The number of carbonyl (C=O) groups is 2. The Morgan fingerprint density at radius 3 is 2.47 bits per heavy atom. The van der Waals surface area contributed by atoms with Crippen LogP contribution in [0.25, 0.3) is 0 Å². The van der Waals surface area contributed by atoms with Crippen LogP contribution in [-0.4, -0.2) is 61.1 Å². The number of hydrogen-bond acceptors (Lipinski definition) is 4. The predicted molar refractivity (Wildman–Crippen MR) is 67.7 cm³/mol. The van der Waals surface area contributed by atoms with Crippen molar-refractivity contribution in [1.82, 2.24) is 10.2 Å². The molecule has 0 fully saturated rings. The van der Waals surface area contributed by atoms with Gasteiger partial charge in [-0.05, 0) is 18.4 Å². The van der Waals surface area contributed by atoms with Crippen LogP contribution in [0.3, 0.4) is 0 Å². The molecule has 0 saturated carbocycles. The number of alkyl halides is 3. The van der Waals surface area contributed by atoms with Crippen molar-refractivity contribution in [1.29, 1.82) is 0 Å². The van der Waals surface area contributed by atoms with E-state index < -0.39 is 37.1 Å².